The van der Waals surface area contributed by atoms with E-state index in [2.05, 4.69) is 60.3 Å². The third-order valence-corrected chi connectivity index (χ3v) is 4.30. The average Bonchev–Trinajstić information content (AvgIpc) is 2.90. The molecule has 4 heteroatoms. The fraction of sp³-hybridized carbons (Fsp3) is 0.733. The summed E-state index contributed by atoms with van der Waals surface area (Å²) in [6.07, 6.45) is 5.29. The molecular weight excluding hydrogens is 236 g/mol. The van der Waals surface area contributed by atoms with Crippen molar-refractivity contribution in [3.63, 3.8) is 0 Å². The van der Waals surface area contributed by atoms with E-state index in [1.807, 2.05) is 6.20 Å². The molecule has 0 spiro atoms. The zero-order valence-corrected chi connectivity index (χ0v) is 12.7. The van der Waals surface area contributed by atoms with Gasteiger partial charge in [0.1, 0.15) is 0 Å². The van der Waals surface area contributed by atoms with Gasteiger partial charge < -0.3 is 15.2 Å². The van der Waals surface area contributed by atoms with Crippen LogP contribution in [0.5, 0.6) is 0 Å². The first-order valence-corrected chi connectivity index (χ1v) is 7.25. The maximum absolute atomic E-state index is 3.43. The molecule has 1 aromatic rings. The Labute approximate surface area is 117 Å². The van der Waals surface area contributed by atoms with Crippen LogP contribution in [0.25, 0.3) is 0 Å². The fourth-order valence-electron chi connectivity index (χ4n) is 3.02. The number of aromatic amines is 1. The minimum absolute atomic E-state index is 0.230. The molecule has 4 nitrogen and oxygen atoms in total. The summed E-state index contributed by atoms with van der Waals surface area (Å²) < 4.78 is 0. The van der Waals surface area contributed by atoms with Gasteiger partial charge in [-0.1, -0.05) is 0 Å². The predicted octanol–water partition coefficient (Wildman–Crippen LogP) is 1.69. The van der Waals surface area contributed by atoms with Crippen LogP contribution in [-0.4, -0.2) is 60.6 Å². The molecule has 19 heavy (non-hydrogen) atoms. The summed E-state index contributed by atoms with van der Waals surface area (Å²) in [6, 6.07) is 2.66. The van der Waals surface area contributed by atoms with E-state index in [1.54, 1.807) is 0 Å². The smallest absolute Gasteiger partial charge is 0.0374 e. The van der Waals surface area contributed by atoms with Crippen molar-refractivity contribution in [2.45, 2.75) is 31.8 Å². The lowest BCUT2D eigenvalue weighted by atomic mass is 9.89. The molecule has 0 radical (unpaired) electrons. The van der Waals surface area contributed by atoms with Crippen LogP contribution in [0.4, 0.5) is 0 Å². The van der Waals surface area contributed by atoms with E-state index < -0.39 is 0 Å². The lowest BCUT2D eigenvalue weighted by Crippen LogP contribution is -2.54. The Bertz CT molecular complexity index is 364. The minimum atomic E-state index is 0.230. The molecule has 1 fully saturated rings. The Balaban J connectivity index is 2.07. The molecule has 2 heterocycles. The van der Waals surface area contributed by atoms with Crippen LogP contribution in [-0.2, 0) is 0 Å². The Morgan fingerprint density at radius 3 is 2.53 bits per heavy atom. The van der Waals surface area contributed by atoms with Crippen molar-refractivity contribution in [1.82, 2.24) is 20.1 Å². The van der Waals surface area contributed by atoms with E-state index in [-0.39, 0.29) is 5.54 Å². The van der Waals surface area contributed by atoms with E-state index in [0.29, 0.717) is 6.04 Å². The summed E-state index contributed by atoms with van der Waals surface area (Å²) in [5.74, 6) is 0. The van der Waals surface area contributed by atoms with Gasteiger partial charge in [0.05, 0.1) is 0 Å². The van der Waals surface area contributed by atoms with Crippen molar-refractivity contribution in [2.24, 2.45) is 0 Å². The Hall–Kier alpha value is -0.840. The van der Waals surface area contributed by atoms with Crippen molar-refractivity contribution >= 4 is 0 Å². The molecule has 1 unspecified atom stereocenters. The summed E-state index contributed by atoms with van der Waals surface area (Å²) in [6.45, 7) is 9.28. The predicted molar refractivity (Wildman–Crippen MR) is 80.4 cm³/mol. The maximum atomic E-state index is 3.43. The highest BCUT2D eigenvalue weighted by Crippen LogP contribution is 2.31. The molecule has 1 atom stereocenters. The van der Waals surface area contributed by atoms with Gasteiger partial charge in [-0.05, 0) is 46.0 Å². The Morgan fingerprint density at radius 2 is 2.00 bits per heavy atom. The summed E-state index contributed by atoms with van der Waals surface area (Å²) in [5.41, 5.74) is 1.61. The van der Waals surface area contributed by atoms with Crippen LogP contribution in [0.15, 0.2) is 18.5 Å². The van der Waals surface area contributed by atoms with Crippen LogP contribution in [0.3, 0.4) is 0 Å². The van der Waals surface area contributed by atoms with Crippen molar-refractivity contribution in [2.75, 3.05) is 40.3 Å². The maximum Gasteiger partial charge on any atom is 0.0374 e. The summed E-state index contributed by atoms with van der Waals surface area (Å²) in [5, 5.41) is 3.43. The number of hydrogen-bond acceptors (Lipinski definition) is 3. The molecular formula is C15H28N4. The summed E-state index contributed by atoms with van der Waals surface area (Å²) in [7, 11) is 4.34. The van der Waals surface area contributed by atoms with Gasteiger partial charge in [0.15, 0.2) is 0 Å². The zero-order chi connectivity index (χ0) is 13.9. The largest absolute Gasteiger partial charge is 0.367 e. The first-order valence-electron chi connectivity index (χ1n) is 7.25. The number of H-pyrrole nitrogens is 1. The first kappa shape index (κ1) is 14.6. The molecule has 0 aromatic carbocycles. The highest BCUT2D eigenvalue weighted by molar-refractivity contribution is 5.15. The second kappa shape index (κ2) is 6.07. The first-order chi connectivity index (χ1) is 9.00. The third-order valence-electron chi connectivity index (χ3n) is 4.30. The highest BCUT2D eigenvalue weighted by Gasteiger charge is 2.32. The molecule has 0 aliphatic carbocycles. The van der Waals surface area contributed by atoms with E-state index in [9.17, 15) is 0 Å². The number of nitrogens with one attached hydrogen (secondary N) is 2. The highest BCUT2D eigenvalue weighted by atomic mass is 15.2. The van der Waals surface area contributed by atoms with Crippen LogP contribution in [0.2, 0.25) is 0 Å². The van der Waals surface area contributed by atoms with Gasteiger partial charge in [-0.15, -0.1) is 0 Å². The molecule has 2 N–H and O–H groups in total. The minimum Gasteiger partial charge on any atom is -0.367 e. The second-order valence-corrected chi connectivity index (χ2v) is 6.38. The van der Waals surface area contributed by atoms with Gasteiger partial charge >= 0.3 is 0 Å². The molecule has 1 aromatic heterocycles. The lowest BCUT2D eigenvalue weighted by Gasteiger charge is -2.44. The van der Waals surface area contributed by atoms with Gasteiger partial charge in [0.25, 0.3) is 0 Å². The lowest BCUT2D eigenvalue weighted by molar-refractivity contribution is 0.0701. The van der Waals surface area contributed by atoms with Crippen LogP contribution >= 0.6 is 0 Å². The molecule has 0 saturated carbocycles. The van der Waals surface area contributed by atoms with Crippen molar-refractivity contribution in [3.05, 3.63) is 24.0 Å². The quantitative estimate of drug-likeness (QED) is 0.849. The van der Waals surface area contributed by atoms with E-state index >= 15 is 0 Å². The number of nitrogens with zero attached hydrogens (tertiary/aromatic N) is 2. The van der Waals surface area contributed by atoms with Gasteiger partial charge in [0, 0.05) is 50.2 Å². The van der Waals surface area contributed by atoms with Gasteiger partial charge in [-0.2, -0.15) is 0 Å². The number of aromatic nitrogens is 1. The molecule has 1 aliphatic heterocycles. The fourth-order valence-corrected chi connectivity index (χ4v) is 3.02. The molecule has 1 saturated heterocycles. The van der Waals surface area contributed by atoms with Crippen molar-refractivity contribution < 1.29 is 0 Å². The van der Waals surface area contributed by atoms with Crippen molar-refractivity contribution in [3.8, 4) is 0 Å². The number of hydrogen-bond donors (Lipinski definition) is 2. The second-order valence-electron chi connectivity index (χ2n) is 6.38. The molecule has 1 aliphatic rings. The summed E-state index contributed by atoms with van der Waals surface area (Å²) >= 11 is 0. The standard InChI is InChI=1S/C15H28N4/c1-15(2,19-9-7-16-8-10-19)11-14(18(3)4)13-5-6-17-12-13/h5-6,12,14,16-17H,7-11H2,1-4H3. The molecule has 0 amide bonds. The normalized spacial score (nSPS) is 19.8. The monoisotopic (exact) mass is 264 g/mol. The SMILES string of the molecule is CN(C)C(CC(C)(C)N1CCNCC1)c1cc[nH]c1. The summed E-state index contributed by atoms with van der Waals surface area (Å²) in [4.78, 5) is 8.12. The van der Waals surface area contributed by atoms with E-state index in [1.165, 1.54) is 5.56 Å². The van der Waals surface area contributed by atoms with Crippen LogP contribution in [0.1, 0.15) is 31.9 Å². The number of piperazine rings is 1. The van der Waals surface area contributed by atoms with E-state index in [0.717, 1.165) is 32.6 Å². The topological polar surface area (TPSA) is 34.3 Å². The van der Waals surface area contributed by atoms with Crippen molar-refractivity contribution in [1.29, 1.82) is 0 Å². The molecule has 0 bridgehead atoms. The number of rotatable bonds is 5. The molecule has 2 rings (SSSR count). The average molecular weight is 264 g/mol. The third kappa shape index (κ3) is 3.59. The Kier molecular flexibility index (Phi) is 4.66. The molecule has 108 valence electrons. The van der Waals surface area contributed by atoms with Gasteiger partial charge in [-0.25, -0.2) is 0 Å². The zero-order valence-electron chi connectivity index (χ0n) is 12.7. The van der Waals surface area contributed by atoms with Gasteiger partial charge in [0.2, 0.25) is 0 Å². The van der Waals surface area contributed by atoms with E-state index in [4.69, 9.17) is 0 Å². The van der Waals surface area contributed by atoms with Crippen LogP contribution < -0.4 is 5.32 Å². The Morgan fingerprint density at radius 1 is 1.32 bits per heavy atom. The van der Waals surface area contributed by atoms with Gasteiger partial charge in [-0.3, -0.25) is 4.90 Å². The van der Waals surface area contributed by atoms with Crippen LogP contribution in [0, 0.1) is 0 Å².